The Morgan fingerprint density at radius 1 is 1.44 bits per heavy atom. The van der Waals surface area contributed by atoms with Crippen LogP contribution in [0.3, 0.4) is 0 Å². The van der Waals surface area contributed by atoms with Gasteiger partial charge in [-0.05, 0) is 18.2 Å². The van der Waals surface area contributed by atoms with Gasteiger partial charge in [0.1, 0.15) is 23.9 Å². The lowest BCUT2D eigenvalue weighted by Gasteiger charge is -2.03. The molecule has 0 radical (unpaired) electrons. The SMILES string of the molecule is Cn1cc(COC(=O)c2cc(F)ccc2F)nn1. The van der Waals surface area contributed by atoms with Crippen molar-refractivity contribution < 1.29 is 18.3 Å². The highest BCUT2D eigenvalue weighted by Gasteiger charge is 2.14. The van der Waals surface area contributed by atoms with Crippen LogP contribution in [0, 0.1) is 11.6 Å². The van der Waals surface area contributed by atoms with Crippen molar-refractivity contribution in [2.24, 2.45) is 7.05 Å². The Hall–Kier alpha value is -2.31. The van der Waals surface area contributed by atoms with Crippen LogP contribution in [-0.2, 0) is 18.4 Å². The van der Waals surface area contributed by atoms with E-state index in [-0.39, 0.29) is 6.61 Å². The van der Waals surface area contributed by atoms with E-state index < -0.39 is 23.2 Å². The van der Waals surface area contributed by atoms with Crippen LogP contribution >= 0.6 is 0 Å². The Bertz CT molecular complexity index is 583. The third-order valence-electron chi connectivity index (χ3n) is 2.15. The van der Waals surface area contributed by atoms with E-state index in [0.717, 1.165) is 18.2 Å². The third-order valence-corrected chi connectivity index (χ3v) is 2.15. The Morgan fingerprint density at radius 2 is 2.22 bits per heavy atom. The van der Waals surface area contributed by atoms with Gasteiger partial charge in [-0.25, -0.2) is 13.6 Å². The Balaban J connectivity index is 2.05. The molecule has 18 heavy (non-hydrogen) atoms. The molecular weight excluding hydrogens is 244 g/mol. The lowest BCUT2D eigenvalue weighted by Crippen LogP contribution is -2.08. The van der Waals surface area contributed by atoms with E-state index in [1.54, 1.807) is 13.2 Å². The normalized spacial score (nSPS) is 10.4. The van der Waals surface area contributed by atoms with Gasteiger partial charge in [-0.1, -0.05) is 5.21 Å². The highest BCUT2D eigenvalue weighted by atomic mass is 19.1. The van der Waals surface area contributed by atoms with Crippen molar-refractivity contribution in [2.75, 3.05) is 0 Å². The summed E-state index contributed by atoms with van der Waals surface area (Å²) in [4.78, 5) is 11.5. The van der Waals surface area contributed by atoms with Crippen molar-refractivity contribution in [1.29, 1.82) is 0 Å². The quantitative estimate of drug-likeness (QED) is 0.777. The maximum absolute atomic E-state index is 13.3. The molecule has 0 unspecified atom stereocenters. The van der Waals surface area contributed by atoms with Gasteiger partial charge >= 0.3 is 5.97 Å². The molecule has 0 aliphatic heterocycles. The van der Waals surface area contributed by atoms with Gasteiger partial charge in [0.2, 0.25) is 0 Å². The maximum atomic E-state index is 13.3. The number of ether oxygens (including phenoxy) is 1. The van der Waals surface area contributed by atoms with Crippen molar-refractivity contribution >= 4 is 5.97 Å². The molecule has 0 saturated carbocycles. The van der Waals surface area contributed by atoms with E-state index in [1.165, 1.54) is 4.68 Å². The zero-order chi connectivity index (χ0) is 13.1. The fourth-order valence-electron chi connectivity index (χ4n) is 1.33. The number of hydrogen-bond acceptors (Lipinski definition) is 4. The van der Waals surface area contributed by atoms with E-state index >= 15 is 0 Å². The topological polar surface area (TPSA) is 57.0 Å². The first kappa shape index (κ1) is 12.2. The first-order valence-corrected chi connectivity index (χ1v) is 5.03. The van der Waals surface area contributed by atoms with Gasteiger partial charge in [0.05, 0.1) is 11.8 Å². The number of nitrogens with zero attached hydrogens (tertiary/aromatic N) is 3. The Morgan fingerprint density at radius 3 is 2.89 bits per heavy atom. The van der Waals surface area contributed by atoms with Crippen LogP contribution in [0.15, 0.2) is 24.4 Å². The number of carbonyl (C=O) groups is 1. The standard InChI is InChI=1S/C11H9F2N3O2/c1-16-5-8(14-15-16)6-18-11(17)9-4-7(12)2-3-10(9)13/h2-5H,6H2,1H3. The first-order chi connectivity index (χ1) is 8.56. The summed E-state index contributed by atoms with van der Waals surface area (Å²) in [6, 6.07) is 2.58. The molecular formula is C11H9F2N3O2. The van der Waals surface area contributed by atoms with Crippen molar-refractivity contribution in [3.05, 3.63) is 47.3 Å². The number of rotatable bonds is 3. The van der Waals surface area contributed by atoms with E-state index in [1.807, 2.05) is 0 Å². The summed E-state index contributed by atoms with van der Waals surface area (Å²) in [6.45, 7) is -0.150. The van der Waals surface area contributed by atoms with Gasteiger partial charge in [0.25, 0.3) is 0 Å². The number of esters is 1. The van der Waals surface area contributed by atoms with Crippen molar-refractivity contribution in [2.45, 2.75) is 6.61 Å². The Kier molecular flexibility index (Phi) is 3.31. The number of halogens is 2. The smallest absolute Gasteiger partial charge is 0.341 e. The van der Waals surface area contributed by atoms with E-state index in [4.69, 9.17) is 4.74 Å². The fraction of sp³-hybridized carbons (Fsp3) is 0.182. The van der Waals surface area contributed by atoms with Crippen LogP contribution in [0.2, 0.25) is 0 Å². The summed E-state index contributed by atoms with van der Waals surface area (Å²) in [6.07, 6.45) is 1.55. The number of carbonyl (C=O) groups excluding carboxylic acids is 1. The second-order valence-electron chi connectivity index (χ2n) is 3.58. The van der Waals surface area contributed by atoms with Gasteiger partial charge in [-0.3, -0.25) is 4.68 Å². The van der Waals surface area contributed by atoms with Crippen LogP contribution < -0.4 is 0 Å². The molecule has 0 N–H and O–H groups in total. The van der Waals surface area contributed by atoms with Crippen molar-refractivity contribution in [3.8, 4) is 0 Å². The molecule has 1 heterocycles. The second-order valence-corrected chi connectivity index (χ2v) is 3.58. The van der Waals surface area contributed by atoms with Gasteiger partial charge in [-0.15, -0.1) is 5.10 Å². The summed E-state index contributed by atoms with van der Waals surface area (Å²) in [7, 11) is 1.66. The number of hydrogen-bond donors (Lipinski definition) is 0. The van der Waals surface area contributed by atoms with Crippen molar-refractivity contribution in [3.63, 3.8) is 0 Å². The summed E-state index contributed by atoms with van der Waals surface area (Å²) in [5.41, 5.74) is -0.0263. The number of aromatic nitrogens is 3. The zero-order valence-corrected chi connectivity index (χ0v) is 9.43. The van der Waals surface area contributed by atoms with Crippen molar-refractivity contribution in [1.82, 2.24) is 15.0 Å². The molecule has 1 aromatic carbocycles. The molecule has 1 aromatic heterocycles. The molecule has 0 amide bonds. The highest BCUT2D eigenvalue weighted by Crippen LogP contribution is 2.11. The molecule has 0 spiro atoms. The average molecular weight is 253 g/mol. The number of benzene rings is 1. The predicted octanol–water partition coefficient (Wildman–Crippen LogP) is 1.45. The lowest BCUT2D eigenvalue weighted by molar-refractivity contribution is 0.0461. The maximum Gasteiger partial charge on any atom is 0.341 e. The van der Waals surface area contributed by atoms with Crippen LogP contribution in [0.5, 0.6) is 0 Å². The molecule has 2 aromatic rings. The average Bonchev–Trinajstić information content (AvgIpc) is 2.75. The molecule has 7 heteroatoms. The summed E-state index contributed by atoms with van der Waals surface area (Å²) in [5, 5.41) is 7.33. The first-order valence-electron chi connectivity index (χ1n) is 5.03. The minimum Gasteiger partial charge on any atom is -0.455 e. The molecule has 0 aliphatic rings. The molecule has 5 nitrogen and oxygen atoms in total. The second kappa shape index (κ2) is 4.91. The molecule has 0 atom stereocenters. The largest absolute Gasteiger partial charge is 0.455 e. The zero-order valence-electron chi connectivity index (χ0n) is 9.43. The molecule has 0 fully saturated rings. The molecule has 2 rings (SSSR count). The molecule has 0 saturated heterocycles. The van der Waals surface area contributed by atoms with E-state index in [9.17, 15) is 13.6 Å². The minimum absolute atomic E-state index is 0.150. The van der Waals surface area contributed by atoms with Gasteiger partial charge in [-0.2, -0.15) is 0 Å². The number of aryl methyl sites for hydroxylation is 1. The fourth-order valence-corrected chi connectivity index (χ4v) is 1.33. The summed E-state index contributed by atoms with van der Waals surface area (Å²) < 4.78 is 32.4. The van der Waals surface area contributed by atoms with E-state index in [0.29, 0.717) is 5.69 Å². The molecule has 0 aliphatic carbocycles. The predicted molar refractivity (Wildman–Crippen MR) is 56.5 cm³/mol. The summed E-state index contributed by atoms with van der Waals surface area (Å²) in [5.74, 6) is -2.49. The Labute approximate surface area is 101 Å². The molecule has 0 bridgehead atoms. The van der Waals surface area contributed by atoms with Crippen LogP contribution in [0.25, 0.3) is 0 Å². The molecule has 94 valence electrons. The minimum atomic E-state index is -0.947. The van der Waals surface area contributed by atoms with Gasteiger partial charge < -0.3 is 4.74 Å². The summed E-state index contributed by atoms with van der Waals surface area (Å²) >= 11 is 0. The van der Waals surface area contributed by atoms with Gasteiger partial charge in [0, 0.05) is 7.05 Å². The van der Waals surface area contributed by atoms with Gasteiger partial charge in [0.15, 0.2) is 0 Å². The lowest BCUT2D eigenvalue weighted by atomic mass is 10.2. The van der Waals surface area contributed by atoms with Crippen LogP contribution in [0.4, 0.5) is 8.78 Å². The monoisotopic (exact) mass is 253 g/mol. The van der Waals surface area contributed by atoms with E-state index in [2.05, 4.69) is 10.3 Å². The van der Waals surface area contributed by atoms with Crippen LogP contribution in [0.1, 0.15) is 16.1 Å². The van der Waals surface area contributed by atoms with Crippen LogP contribution in [-0.4, -0.2) is 21.0 Å². The third kappa shape index (κ3) is 2.68. The highest BCUT2D eigenvalue weighted by molar-refractivity contribution is 5.89.